The van der Waals surface area contributed by atoms with E-state index in [1.54, 1.807) is 65.3 Å². The summed E-state index contributed by atoms with van der Waals surface area (Å²) in [5, 5.41) is 0. The van der Waals surface area contributed by atoms with Gasteiger partial charge in [-0.05, 0) is 0 Å². The maximum Gasteiger partial charge on any atom is 0.215 e. The van der Waals surface area contributed by atoms with Crippen molar-refractivity contribution in [1.29, 1.82) is 0 Å². The molecule has 0 saturated heterocycles. The van der Waals surface area contributed by atoms with Crippen molar-refractivity contribution >= 4 is 17.7 Å². The lowest BCUT2D eigenvalue weighted by Crippen LogP contribution is -2.55. The Balaban J connectivity index is 1.73. The van der Waals surface area contributed by atoms with E-state index in [1.165, 1.54) is 0 Å². The molecule has 3 aliphatic rings. The van der Waals surface area contributed by atoms with Crippen LogP contribution in [0.15, 0.2) is 51.8 Å². The van der Waals surface area contributed by atoms with Gasteiger partial charge in [0.25, 0.3) is 0 Å². The van der Waals surface area contributed by atoms with Crippen LogP contribution in [0.3, 0.4) is 0 Å². The zero-order valence-electron chi connectivity index (χ0n) is 17.5. The normalized spacial score (nSPS) is 21.0. The first-order chi connectivity index (χ1) is 14.7. The Hall–Kier alpha value is -2.53. The van der Waals surface area contributed by atoms with Gasteiger partial charge in [0.2, 0.25) is 17.7 Å². The summed E-state index contributed by atoms with van der Waals surface area (Å²) in [4.78, 5) is 12.1. The van der Waals surface area contributed by atoms with E-state index >= 15 is 0 Å². The standard InChI is InChI=1S/C20H27N3O7/c1-24-13(11-28-15-5-8-21-15)18(26-3)20(27-4)19(30-17-7-10-23-17)14(25-2)12-29-16-6-9-22-16/h5-10,13-14,18-20H,11-12H2,1-4H3. The zero-order valence-corrected chi connectivity index (χ0v) is 17.5. The van der Waals surface area contributed by atoms with Gasteiger partial charge in [0, 0.05) is 65.3 Å². The second-order valence-corrected chi connectivity index (χ2v) is 6.50. The van der Waals surface area contributed by atoms with Crippen LogP contribution in [0.25, 0.3) is 0 Å². The highest BCUT2D eigenvalue weighted by molar-refractivity contribution is 5.93. The van der Waals surface area contributed by atoms with E-state index in [0.29, 0.717) is 17.7 Å². The van der Waals surface area contributed by atoms with Gasteiger partial charge in [-0.25, -0.2) is 15.0 Å². The van der Waals surface area contributed by atoms with Gasteiger partial charge in [0.1, 0.15) is 37.6 Å². The summed E-state index contributed by atoms with van der Waals surface area (Å²) >= 11 is 0. The van der Waals surface area contributed by atoms with E-state index in [1.807, 2.05) is 0 Å². The van der Waals surface area contributed by atoms with Gasteiger partial charge in [0.05, 0.1) is 0 Å². The lowest BCUT2D eigenvalue weighted by atomic mass is 9.98. The van der Waals surface area contributed by atoms with E-state index in [0.717, 1.165) is 0 Å². The highest BCUT2D eigenvalue weighted by Gasteiger charge is 2.43. The van der Waals surface area contributed by atoms with E-state index in [2.05, 4.69) is 15.0 Å². The number of aliphatic imine (C=N–C) groups is 3. The summed E-state index contributed by atoms with van der Waals surface area (Å²) in [6, 6.07) is 0. The minimum absolute atomic E-state index is 0.202. The van der Waals surface area contributed by atoms with Crippen molar-refractivity contribution < 1.29 is 33.2 Å². The van der Waals surface area contributed by atoms with Crippen LogP contribution in [0.1, 0.15) is 0 Å². The van der Waals surface area contributed by atoms with Crippen molar-refractivity contribution in [3.05, 3.63) is 36.8 Å². The molecular weight excluding hydrogens is 394 g/mol. The van der Waals surface area contributed by atoms with Gasteiger partial charge >= 0.3 is 0 Å². The molecule has 0 spiro atoms. The van der Waals surface area contributed by atoms with Gasteiger partial charge < -0.3 is 33.2 Å². The monoisotopic (exact) mass is 421 g/mol. The summed E-state index contributed by atoms with van der Waals surface area (Å²) in [5.41, 5.74) is 0. The van der Waals surface area contributed by atoms with E-state index in [9.17, 15) is 0 Å². The van der Waals surface area contributed by atoms with Crippen LogP contribution in [0, 0.1) is 0 Å². The van der Waals surface area contributed by atoms with E-state index in [4.69, 9.17) is 33.2 Å². The first-order valence-electron chi connectivity index (χ1n) is 9.46. The Morgan fingerprint density at radius 3 is 1.37 bits per heavy atom. The van der Waals surface area contributed by atoms with Gasteiger partial charge in [-0.15, -0.1) is 0 Å². The predicted molar refractivity (Wildman–Crippen MR) is 110 cm³/mol. The van der Waals surface area contributed by atoms with Crippen LogP contribution in [0.4, 0.5) is 0 Å². The molecule has 0 aromatic rings. The molecule has 30 heavy (non-hydrogen) atoms. The van der Waals surface area contributed by atoms with E-state index in [-0.39, 0.29) is 13.2 Å². The lowest BCUT2D eigenvalue weighted by Gasteiger charge is -2.38. The molecule has 5 atom stereocenters. The minimum Gasteiger partial charge on any atom is -0.475 e. The quantitative estimate of drug-likeness (QED) is 0.441. The molecule has 0 amide bonds. The molecule has 0 N–H and O–H groups in total. The van der Waals surface area contributed by atoms with Crippen LogP contribution >= 0.6 is 0 Å². The van der Waals surface area contributed by atoms with Crippen molar-refractivity contribution in [2.45, 2.75) is 30.5 Å². The number of nitrogens with zero attached hydrogens (tertiary/aromatic N) is 3. The minimum atomic E-state index is -0.614. The van der Waals surface area contributed by atoms with Crippen LogP contribution < -0.4 is 0 Å². The second kappa shape index (κ2) is 11.0. The molecule has 3 rings (SSSR count). The molecule has 0 fully saturated rings. The molecular formula is C20H27N3O7. The van der Waals surface area contributed by atoms with Crippen molar-refractivity contribution in [3.8, 4) is 0 Å². The fraction of sp³-hybridized carbons (Fsp3) is 0.550. The topological polar surface area (TPSA) is 102 Å². The number of hydrogen-bond acceptors (Lipinski definition) is 10. The van der Waals surface area contributed by atoms with Crippen LogP contribution in [-0.4, -0.2) is 89.9 Å². The summed E-state index contributed by atoms with van der Waals surface area (Å²) in [7, 11) is 6.31. The average molecular weight is 421 g/mol. The van der Waals surface area contributed by atoms with Crippen LogP contribution in [-0.2, 0) is 33.2 Å². The Morgan fingerprint density at radius 1 is 0.600 bits per heavy atom. The predicted octanol–water partition coefficient (Wildman–Crippen LogP) is 1.24. The van der Waals surface area contributed by atoms with Gasteiger partial charge in [-0.3, -0.25) is 0 Å². The molecule has 5 unspecified atom stereocenters. The molecule has 0 bridgehead atoms. The highest BCUT2D eigenvalue weighted by Crippen LogP contribution is 2.23. The first kappa shape index (κ1) is 22.2. The van der Waals surface area contributed by atoms with Gasteiger partial charge in [-0.1, -0.05) is 0 Å². The van der Waals surface area contributed by atoms with Gasteiger partial charge in [0.15, 0.2) is 6.10 Å². The Labute approximate surface area is 175 Å². The van der Waals surface area contributed by atoms with Crippen molar-refractivity contribution in [3.63, 3.8) is 0 Å². The first-order valence-corrected chi connectivity index (χ1v) is 9.46. The van der Waals surface area contributed by atoms with E-state index < -0.39 is 30.5 Å². The molecule has 0 aromatic carbocycles. The third-order valence-corrected chi connectivity index (χ3v) is 4.83. The Kier molecular flexibility index (Phi) is 8.14. The average Bonchev–Trinajstić information content (AvgIpc) is 2.65. The largest absolute Gasteiger partial charge is 0.475 e. The fourth-order valence-electron chi connectivity index (χ4n) is 3.02. The molecule has 10 heteroatoms. The third-order valence-electron chi connectivity index (χ3n) is 4.83. The summed E-state index contributed by atoms with van der Waals surface area (Å²) < 4.78 is 40.2. The van der Waals surface area contributed by atoms with Crippen LogP contribution in [0.5, 0.6) is 0 Å². The van der Waals surface area contributed by atoms with Crippen molar-refractivity contribution in [1.82, 2.24) is 0 Å². The number of hydrogen-bond donors (Lipinski definition) is 0. The zero-order chi connectivity index (χ0) is 21.3. The highest BCUT2D eigenvalue weighted by atomic mass is 16.6. The molecule has 10 nitrogen and oxygen atoms in total. The molecule has 0 aliphatic carbocycles. The van der Waals surface area contributed by atoms with Crippen LogP contribution in [0.2, 0.25) is 0 Å². The second-order valence-electron chi connectivity index (χ2n) is 6.50. The maximum atomic E-state index is 6.08. The van der Waals surface area contributed by atoms with Gasteiger partial charge in [-0.2, -0.15) is 0 Å². The smallest absolute Gasteiger partial charge is 0.215 e. The molecule has 3 aliphatic heterocycles. The molecule has 0 radical (unpaired) electrons. The SMILES string of the molecule is COC(COC1=NC=C1)C(OC)C(OC)C(OC1=NC=C1)C(COC1=NC=C1)OC. The molecule has 0 aromatic heterocycles. The maximum absolute atomic E-state index is 6.08. The Bertz CT molecular complexity index is 759. The molecule has 0 saturated carbocycles. The van der Waals surface area contributed by atoms with Crippen molar-refractivity contribution in [2.75, 3.05) is 41.7 Å². The third kappa shape index (κ3) is 5.33. The number of rotatable bonds is 13. The number of ether oxygens (including phenoxy) is 7. The summed E-state index contributed by atoms with van der Waals surface area (Å²) in [6.07, 6.45) is 7.54. The number of methoxy groups -OCH3 is 4. The Morgan fingerprint density at radius 2 is 1.03 bits per heavy atom. The summed E-state index contributed by atoms with van der Waals surface area (Å²) in [5.74, 6) is 1.55. The van der Waals surface area contributed by atoms with Crippen molar-refractivity contribution in [2.24, 2.45) is 15.0 Å². The fourth-order valence-corrected chi connectivity index (χ4v) is 3.02. The molecule has 3 heterocycles. The summed E-state index contributed by atoms with van der Waals surface area (Å²) in [6.45, 7) is 0.425. The lowest BCUT2D eigenvalue weighted by molar-refractivity contribution is -0.171. The molecule has 164 valence electrons.